The van der Waals surface area contributed by atoms with Gasteiger partial charge < -0.3 is 9.73 Å². The van der Waals surface area contributed by atoms with E-state index in [2.05, 4.69) is 17.4 Å². The average Bonchev–Trinajstić information content (AvgIpc) is 2.99. The van der Waals surface area contributed by atoms with Gasteiger partial charge in [0.1, 0.15) is 5.76 Å². The number of carbonyl (C=O) groups excluding carboxylic acids is 1. The van der Waals surface area contributed by atoms with Gasteiger partial charge in [0.2, 0.25) is 5.91 Å². The van der Waals surface area contributed by atoms with E-state index in [0.717, 1.165) is 12.2 Å². The Morgan fingerprint density at radius 1 is 1.30 bits per heavy atom. The largest absolute Gasteiger partial charge is 0.465 e. The predicted octanol–water partition coefficient (Wildman–Crippen LogP) is 3.65. The van der Waals surface area contributed by atoms with Crippen molar-refractivity contribution in [3.8, 4) is 0 Å². The van der Waals surface area contributed by atoms with E-state index in [1.54, 1.807) is 18.4 Å². The first kappa shape index (κ1) is 13.1. The van der Waals surface area contributed by atoms with Crippen LogP contribution >= 0.6 is 11.8 Å². The van der Waals surface area contributed by atoms with Crippen LogP contribution in [0.3, 0.4) is 0 Å². The van der Waals surface area contributed by atoms with Gasteiger partial charge in [-0.05, 0) is 36.3 Å². The van der Waals surface area contributed by atoms with Gasteiger partial charge in [0.05, 0.1) is 12.3 Å². The number of fused-ring (bicyclic) bond motifs is 1. The van der Waals surface area contributed by atoms with E-state index >= 15 is 0 Å². The van der Waals surface area contributed by atoms with Crippen molar-refractivity contribution >= 4 is 23.7 Å². The smallest absolute Gasteiger partial charge is 0.244 e. The lowest BCUT2D eigenvalue weighted by molar-refractivity contribution is -0.117. The van der Waals surface area contributed by atoms with Gasteiger partial charge >= 0.3 is 0 Å². The van der Waals surface area contributed by atoms with Gasteiger partial charge in [0.25, 0.3) is 0 Å². The van der Waals surface area contributed by atoms with Crippen molar-refractivity contribution in [2.45, 2.75) is 17.4 Å². The molecule has 0 spiro atoms. The van der Waals surface area contributed by atoms with Gasteiger partial charge in [-0.25, -0.2) is 0 Å². The quantitative estimate of drug-likeness (QED) is 0.875. The van der Waals surface area contributed by atoms with Crippen LogP contribution in [0.1, 0.15) is 23.8 Å². The summed E-state index contributed by atoms with van der Waals surface area (Å²) in [4.78, 5) is 13.2. The molecule has 102 valence electrons. The number of amides is 1. The van der Waals surface area contributed by atoms with E-state index in [9.17, 15) is 4.79 Å². The minimum absolute atomic E-state index is 0.0897. The Morgan fingerprint density at radius 3 is 3.05 bits per heavy atom. The minimum atomic E-state index is -0.0897. The van der Waals surface area contributed by atoms with Crippen LogP contribution < -0.4 is 5.32 Å². The summed E-state index contributed by atoms with van der Waals surface area (Å²) in [6.45, 7) is 0. The molecule has 2 aromatic rings. The lowest BCUT2D eigenvalue weighted by Crippen LogP contribution is -2.29. The van der Waals surface area contributed by atoms with Crippen molar-refractivity contribution in [3.63, 3.8) is 0 Å². The van der Waals surface area contributed by atoms with Gasteiger partial charge in [-0.1, -0.05) is 18.2 Å². The van der Waals surface area contributed by atoms with Crippen molar-refractivity contribution < 1.29 is 9.21 Å². The van der Waals surface area contributed by atoms with Crippen molar-refractivity contribution in [2.24, 2.45) is 0 Å². The molecule has 3 rings (SSSR count). The third kappa shape index (κ3) is 2.96. The summed E-state index contributed by atoms with van der Waals surface area (Å²) in [6, 6.07) is 12.0. The molecule has 2 heterocycles. The van der Waals surface area contributed by atoms with Gasteiger partial charge in [-0.15, -0.1) is 11.8 Å². The highest BCUT2D eigenvalue weighted by Crippen LogP contribution is 2.35. The number of hydrogen-bond acceptors (Lipinski definition) is 3. The van der Waals surface area contributed by atoms with Gasteiger partial charge in [-0.2, -0.15) is 0 Å². The number of thioether (sulfide) groups is 1. The second-order valence-electron chi connectivity index (χ2n) is 4.58. The third-order valence-corrected chi connectivity index (χ3v) is 4.34. The van der Waals surface area contributed by atoms with E-state index in [4.69, 9.17) is 4.42 Å². The molecule has 1 aliphatic heterocycles. The summed E-state index contributed by atoms with van der Waals surface area (Å²) in [7, 11) is 0. The Balaban J connectivity index is 1.68. The molecular formula is C16H15NO2S. The fourth-order valence-electron chi connectivity index (χ4n) is 2.26. The number of carbonyl (C=O) groups is 1. The summed E-state index contributed by atoms with van der Waals surface area (Å²) >= 11 is 1.85. The molecule has 0 saturated heterocycles. The highest BCUT2D eigenvalue weighted by Gasteiger charge is 2.20. The van der Waals surface area contributed by atoms with E-state index in [0.29, 0.717) is 5.76 Å². The van der Waals surface area contributed by atoms with Crippen molar-refractivity contribution in [1.29, 1.82) is 0 Å². The Hall–Kier alpha value is -1.94. The molecule has 1 aromatic carbocycles. The van der Waals surface area contributed by atoms with Crippen LogP contribution in [0.15, 0.2) is 58.1 Å². The zero-order valence-electron chi connectivity index (χ0n) is 10.9. The van der Waals surface area contributed by atoms with Crippen molar-refractivity contribution in [3.05, 3.63) is 60.1 Å². The van der Waals surface area contributed by atoms with Crippen LogP contribution in [0.5, 0.6) is 0 Å². The second kappa shape index (κ2) is 6.01. The Labute approximate surface area is 122 Å². The molecule has 0 fully saturated rings. The molecule has 1 amide bonds. The van der Waals surface area contributed by atoms with Gasteiger partial charge in [0.15, 0.2) is 0 Å². The molecule has 3 nitrogen and oxygen atoms in total. The summed E-state index contributed by atoms with van der Waals surface area (Å²) in [5, 5.41) is 3.06. The van der Waals surface area contributed by atoms with Gasteiger partial charge in [0, 0.05) is 16.7 Å². The average molecular weight is 285 g/mol. The number of hydrogen-bond donors (Lipinski definition) is 1. The molecule has 0 radical (unpaired) electrons. The maximum absolute atomic E-state index is 12.0. The van der Waals surface area contributed by atoms with E-state index in [-0.39, 0.29) is 11.9 Å². The number of rotatable bonds is 3. The Bertz CT molecular complexity index is 619. The van der Waals surface area contributed by atoms with Crippen LogP contribution in [-0.2, 0) is 4.79 Å². The third-order valence-electron chi connectivity index (χ3n) is 3.22. The molecule has 1 aliphatic rings. The number of nitrogens with one attached hydrogen (secondary N) is 1. The minimum Gasteiger partial charge on any atom is -0.465 e. The maximum atomic E-state index is 12.0. The van der Waals surface area contributed by atoms with Crippen LogP contribution in [0.4, 0.5) is 0 Å². The number of furan rings is 1. The molecular weight excluding hydrogens is 270 g/mol. The van der Waals surface area contributed by atoms with Crippen molar-refractivity contribution in [1.82, 2.24) is 5.32 Å². The molecule has 20 heavy (non-hydrogen) atoms. The molecule has 0 aliphatic carbocycles. The number of benzene rings is 1. The lowest BCUT2D eigenvalue weighted by Gasteiger charge is -2.25. The summed E-state index contributed by atoms with van der Waals surface area (Å²) in [5.41, 5.74) is 1.21. The SMILES string of the molecule is O=C(C=Cc1ccco1)NC1CCSc2ccccc21. The van der Waals surface area contributed by atoms with Crippen LogP contribution in [-0.4, -0.2) is 11.7 Å². The Kier molecular flexibility index (Phi) is 3.92. The molecule has 1 aromatic heterocycles. The molecule has 1 unspecified atom stereocenters. The first-order chi connectivity index (χ1) is 9.83. The van der Waals surface area contributed by atoms with E-state index in [1.165, 1.54) is 16.5 Å². The standard InChI is InChI=1S/C16H15NO2S/c18-16(8-7-12-4-3-10-19-12)17-14-9-11-20-15-6-2-1-5-13(14)15/h1-8,10,14H,9,11H2,(H,17,18). The first-order valence-electron chi connectivity index (χ1n) is 6.57. The fraction of sp³-hybridized carbons (Fsp3) is 0.188. The first-order valence-corrected chi connectivity index (χ1v) is 7.55. The zero-order chi connectivity index (χ0) is 13.8. The predicted molar refractivity (Wildman–Crippen MR) is 80.4 cm³/mol. The fourth-order valence-corrected chi connectivity index (χ4v) is 3.38. The summed E-state index contributed by atoms with van der Waals surface area (Å²) in [5.74, 6) is 1.62. The van der Waals surface area contributed by atoms with Crippen LogP contribution in [0, 0.1) is 0 Å². The van der Waals surface area contributed by atoms with Crippen LogP contribution in [0.2, 0.25) is 0 Å². The molecule has 0 bridgehead atoms. The van der Waals surface area contributed by atoms with Crippen LogP contribution in [0.25, 0.3) is 6.08 Å². The van der Waals surface area contributed by atoms with E-state index < -0.39 is 0 Å². The molecule has 1 atom stereocenters. The second-order valence-corrected chi connectivity index (χ2v) is 5.72. The maximum Gasteiger partial charge on any atom is 0.244 e. The van der Waals surface area contributed by atoms with E-state index in [1.807, 2.05) is 30.0 Å². The monoisotopic (exact) mass is 285 g/mol. The van der Waals surface area contributed by atoms with Gasteiger partial charge in [-0.3, -0.25) is 4.79 Å². The Morgan fingerprint density at radius 2 is 2.20 bits per heavy atom. The highest BCUT2D eigenvalue weighted by atomic mass is 32.2. The highest BCUT2D eigenvalue weighted by molar-refractivity contribution is 7.99. The summed E-state index contributed by atoms with van der Waals surface area (Å²) in [6.07, 6.45) is 5.75. The lowest BCUT2D eigenvalue weighted by atomic mass is 10.0. The normalized spacial score (nSPS) is 17.9. The zero-order valence-corrected chi connectivity index (χ0v) is 11.7. The molecule has 0 saturated carbocycles. The molecule has 4 heteroatoms. The topological polar surface area (TPSA) is 42.2 Å². The van der Waals surface area contributed by atoms with Crippen molar-refractivity contribution in [2.75, 3.05) is 5.75 Å². The summed E-state index contributed by atoms with van der Waals surface area (Å²) < 4.78 is 5.16. The molecule has 1 N–H and O–H groups in total.